The third-order valence-corrected chi connectivity index (χ3v) is 9.82. The van der Waals surface area contributed by atoms with Crippen LogP contribution in [0.5, 0.6) is 0 Å². The summed E-state index contributed by atoms with van der Waals surface area (Å²) in [4.78, 5) is 1.64. The summed E-state index contributed by atoms with van der Waals surface area (Å²) in [6.07, 6.45) is 0. The number of fused-ring (bicyclic) bond motifs is 3. The maximum atomic E-state index is 9.58. The molecule has 0 radical (unpaired) electrons. The summed E-state index contributed by atoms with van der Waals surface area (Å²) in [5, 5.41) is 2.11. The number of para-hydroxylation sites is 2. The first kappa shape index (κ1) is 22.1. The zero-order chi connectivity index (χ0) is 48.6. The van der Waals surface area contributed by atoms with E-state index in [1.165, 1.54) is 0 Å². The van der Waals surface area contributed by atoms with Gasteiger partial charge >= 0.3 is 0 Å². The van der Waals surface area contributed by atoms with Crippen LogP contribution in [0.15, 0.2) is 230 Å². The topological polar surface area (TPSA) is 8.17 Å². The predicted molar refractivity (Wildman–Crippen MR) is 237 cm³/mol. The van der Waals surface area contributed by atoms with Crippen molar-refractivity contribution >= 4 is 38.9 Å². The summed E-state index contributed by atoms with van der Waals surface area (Å²) in [5.41, 5.74) is 5.46. The molecule has 10 rings (SSSR count). The van der Waals surface area contributed by atoms with Gasteiger partial charge in [-0.3, -0.25) is 0 Å². The molecule has 10 aromatic rings. The quantitative estimate of drug-likeness (QED) is 0.151. The predicted octanol–water partition coefficient (Wildman–Crippen LogP) is 14.9. The standard InChI is InChI=1S/C54H38N2/c1-4-13-39(14-5-1)41-23-25-42(26-24-41)44-29-34-49(35-30-44)55(48-32-27-43(28-33-48)40-15-6-2-7-16-40)50-20-12-17-45(37-50)46-31-36-54-52(38-46)51-21-10-11-22-53(51)56(54)47-18-8-3-9-19-47/h1-38H/i1D,4D,5D,13D,14D,23D,24D,25D,26D,29D,30D,34D,35D. The van der Waals surface area contributed by atoms with Gasteiger partial charge in [-0.2, -0.15) is 0 Å². The molecule has 0 amide bonds. The van der Waals surface area contributed by atoms with Gasteiger partial charge in [-0.15, -0.1) is 0 Å². The fourth-order valence-corrected chi connectivity index (χ4v) is 7.15. The molecule has 0 aliphatic rings. The van der Waals surface area contributed by atoms with Gasteiger partial charge in [0.25, 0.3) is 0 Å². The molecule has 0 aliphatic heterocycles. The Kier molecular flexibility index (Phi) is 5.69. The lowest BCUT2D eigenvalue weighted by atomic mass is 9.99. The van der Waals surface area contributed by atoms with Crippen LogP contribution in [0.4, 0.5) is 17.1 Å². The third kappa shape index (κ3) is 6.24. The van der Waals surface area contributed by atoms with E-state index in [2.05, 4.69) is 41.0 Å². The number of anilines is 3. The van der Waals surface area contributed by atoms with Crippen molar-refractivity contribution in [1.82, 2.24) is 4.57 Å². The molecule has 264 valence electrons. The average molecular weight is 728 g/mol. The Morgan fingerprint density at radius 3 is 1.57 bits per heavy atom. The van der Waals surface area contributed by atoms with Crippen molar-refractivity contribution in [3.63, 3.8) is 0 Å². The van der Waals surface area contributed by atoms with Gasteiger partial charge in [-0.25, -0.2) is 0 Å². The summed E-state index contributed by atoms with van der Waals surface area (Å²) in [7, 11) is 0. The van der Waals surface area contributed by atoms with Gasteiger partial charge in [0.15, 0.2) is 0 Å². The summed E-state index contributed by atoms with van der Waals surface area (Å²) in [6, 6.07) is 40.5. The lowest BCUT2D eigenvalue weighted by Crippen LogP contribution is -2.10. The first-order valence-electron chi connectivity index (χ1n) is 24.6. The highest BCUT2D eigenvalue weighted by Crippen LogP contribution is 2.40. The molecule has 0 fully saturated rings. The average Bonchev–Trinajstić information content (AvgIpc) is 3.71. The van der Waals surface area contributed by atoms with Gasteiger partial charge in [0.1, 0.15) is 0 Å². The van der Waals surface area contributed by atoms with Crippen LogP contribution in [0.25, 0.3) is 72.0 Å². The maximum absolute atomic E-state index is 9.58. The van der Waals surface area contributed by atoms with Crippen molar-refractivity contribution in [1.29, 1.82) is 0 Å². The van der Waals surface area contributed by atoms with Crippen LogP contribution in [0.3, 0.4) is 0 Å². The van der Waals surface area contributed by atoms with Crippen molar-refractivity contribution < 1.29 is 17.8 Å². The van der Waals surface area contributed by atoms with E-state index in [1.807, 2.05) is 115 Å². The van der Waals surface area contributed by atoms with E-state index in [0.29, 0.717) is 11.4 Å². The van der Waals surface area contributed by atoms with Gasteiger partial charge in [0, 0.05) is 33.5 Å². The van der Waals surface area contributed by atoms with E-state index in [9.17, 15) is 5.48 Å². The minimum absolute atomic E-state index is 0.134. The molecule has 0 spiro atoms. The SMILES string of the molecule is [2H]c1c([2H])c([2H])c(-c2c([2H])c([2H])c(-c3c([2H])c([2H])c(N(c4ccc(-c5ccccc5)cc4)c4cccc(-c5ccc6c(c5)c5ccccc5n6-c5ccccc5)c4)c([2H])c3[2H])c([2H])c2[2H])c([2H])c1[2H]. The fourth-order valence-electron chi connectivity index (χ4n) is 7.15. The molecule has 2 heteroatoms. The van der Waals surface area contributed by atoms with Crippen LogP contribution in [-0.2, 0) is 0 Å². The van der Waals surface area contributed by atoms with E-state index in [0.717, 1.165) is 49.7 Å². The molecule has 9 aromatic carbocycles. The van der Waals surface area contributed by atoms with Crippen LogP contribution in [0, 0.1) is 0 Å². The van der Waals surface area contributed by atoms with E-state index < -0.39 is 101 Å². The number of aromatic nitrogens is 1. The molecule has 1 heterocycles. The number of benzene rings is 9. The molecule has 0 N–H and O–H groups in total. The van der Waals surface area contributed by atoms with Crippen molar-refractivity contribution in [2.24, 2.45) is 0 Å². The summed E-state index contributed by atoms with van der Waals surface area (Å²) >= 11 is 0. The third-order valence-electron chi connectivity index (χ3n) is 9.82. The second-order valence-corrected chi connectivity index (χ2v) is 13.2. The number of rotatable bonds is 8. The molecule has 2 nitrogen and oxygen atoms in total. The molecule has 0 unspecified atom stereocenters. The summed E-state index contributed by atoms with van der Waals surface area (Å²) < 4.78 is 118. The first-order chi connectivity index (χ1) is 33.2. The monoisotopic (exact) mass is 727 g/mol. The number of nitrogens with zero attached hydrogens (tertiary/aromatic N) is 2. The highest BCUT2D eigenvalue weighted by Gasteiger charge is 2.16. The minimum atomic E-state index is -0.773. The molecule has 0 atom stereocenters. The molecule has 0 saturated heterocycles. The zero-order valence-corrected chi connectivity index (χ0v) is 29.8. The Labute approximate surface area is 346 Å². The summed E-state index contributed by atoms with van der Waals surface area (Å²) in [5.74, 6) is 0. The van der Waals surface area contributed by atoms with Crippen molar-refractivity contribution in [3.8, 4) is 50.2 Å². The second kappa shape index (κ2) is 14.4. The Morgan fingerprint density at radius 1 is 0.321 bits per heavy atom. The zero-order valence-electron chi connectivity index (χ0n) is 42.8. The van der Waals surface area contributed by atoms with Gasteiger partial charge in [-0.1, -0.05) is 164 Å². The molecule has 1 aromatic heterocycles. The van der Waals surface area contributed by atoms with Gasteiger partial charge in [0.05, 0.1) is 28.9 Å². The lowest BCUT2D eigenvalue weighted by molar-refractivity contribution is 1.18. The second-order valence-electron chi connectivity index (χ2n) is 13.2. The first-order valence-corrected chi connectivity index (χ1v) is 18.1. The molecule has 0 aliphatic carbocycles. The number of hydrogen-bond donors (Lipinski definition) is 0. The smallest absolute Gasteiger partial charge is 0.0645 e. The van der Waals surface area contributed by atoms with Crippen LogP contribution >= 0.6 is 0 Å². The summed E-state index contributed by atoms with van der Waals surface area (Å²) in [6.45, 7) is 0. The van der Waals surface area contributed by atoms with Crippen LogP contribution in [0.2, 0.25) is 0 Å². The molecule has 0 bridgehead atoms. The molecular formula is C54H38N2. The van der Waals surface area contributed by atoms with Crippen LogP contribution < -0.4 is 4.90 Å². The van der Waals surface area contributed by atoms with Crippen LogP contribution in [-0.4, -0.2) is 4.57 Å². The largest absolute Gasteiger partial charge is 0.310 e. The number of hydrogen-bond acceptors (Lipinski definition) is 1. The minimum Gasteiger partial charge on any atom is -0.310 e. The van der Waals surface area contributed by atoms with Crippen molar-refractivity contribution in [3.05, 3.63) is 230 Å². The van der Waals surface area contributed by atoms with Gasteiger partial charge < -0.3 is 9.47 Å². The van der Waals surface area contributed by atoms with Gasteiger partial charge in [0.2, 0.25) is 0 Å². The molecular weight excluding hydrogens is 677 g/mol. The van der Waals surface area contributed by atoms with Gasteiger partial charge in [-0.05, 0) is 111 Å². The van der Waals surface area contributed by atoms with E-state index in [4.69, 9.17) is 12.3 Å². The molecule has 56 heavy (non-hydrogen) atoms. The Balaban J connectivity index is 1.15. The Hall–Kier alpha value is -7.42. The highest BCUT2D eigenvalue weighted by atomic mass is 15.1. The van der Waals surface area contributed by atoms with Crippen molar-refractivity contribution in [2.45, 2.75) is 0 Å². The normalized spacial score (nSPS) is 14.5. The fraction of sp³-hybridized carbons (Fsp3) is 0. The maximum Gasteiger partial charge on any atom is 0.0645 e. The van der Waals surface area contributed by atoms with Crippen molar-refractivity contribution in [2.75, 3.05) is 4.90 Å². The lowest BCUT2D eigenvalue weighted by Gasteiger charge is -2.26. The van der Waals surface area contributed by atoms with E-state index >= 15 is 0 Å². The molecule has 0 saturated carbocycles. The van der Waals surface area contributed by atoms with E-state index in [1.54, 1.807) is 4.90 Å². The highest BCUT2D eigenvalue weighted by molar-refractivity contribution is 6.10. The Morgan fingerprint density at radius 2 is 0.857 bits per heavy atom. The van der Waals surface area contributed by atoms with Crippen LogP contribution in [0.1, 0.15) is 17.8 Å². The Bertz CT molecular complexity index is 3620. The van der Waals surface area contributed by atoms with E-state index in [-0.39, 0.29) is 5.69 Å².